The lowest BCUT2D eigenvalue weighted by molar-refractivity contribution is 0.394. The van der Waals surface area contributed by atoms with Crippen LogP contribution in [0, 0.1) is 17.6 Å². The predicted octanol–water partition coefficient (Wildman–Crippen LogP) is 4.28. The van der Waals surface area contributed by atoms with Gasteiger partial charge in [-0.05, 0) is 37.0 Å². The molecule has 0 saturated heterocycles. The maximum atomic E-state index is 13.6. The van der Waals surface area contributed by atoms with Crippen LogP contribution < -0.4 is 5.73 Å². The molecule has 3 atom stereocenters. The van der Waals surface area contributed by atoms with Crippen molar-refractivity contribution in [1.82, 2.24) is 0 Å². The second kappa shape index (κ2) is 6.71. The standard InChI is InChI=1S/C15H21F2NS/c1-10-3-2-4-12(7-10)19-9-15(18)13-8-11(16)5-6-14(13)17/h5-6,8,10,12,15H,2-4,7,9,18H2,1H3. The highest BCUT2D eigenvalue weighted by Gasteiger charge is 2.21. The molecule has 0 radical (unpaired) electrons. The van der Waals surface area contributed by atoms with Gasteiger partial charge in [0, 0.05) is 22.6 Å². The van der Waals surface area contributed by atoms with Gasteiger partial charge in [-0.2, -0.15) is 11.8 Å². The van der Waals surface area contributed by atoms with Crippen molar-refractivity contribution in [3.05, 3.63) is 35.4 Å². The normalized spacial score (nSPS) is 25.3. The molecule has 1 aliphatic rings. The van der Waals surface area contributed by atoms with Crippen molar-refractivity contribution in [1.29, 1.82) is 0 Å². The van der Waals surface area contributed by atoms with E-state index in [0.717, 1.165) is 18.1 Å². The molecule has 0 amide bonds. The Balaban J connectivity index is 1.90. The van der Waals surface area contributed by atoms with Gasteiger partial charge in [0.25, 0.3) is 0 Å². The number of halogens is 2. The van der Waals surface area contributed by atoms with Crippen molar-refractivity contribution < 1.29 is 8.78 Å². The molecule has 1 aliphatic carbocycles. The molecule has 0 spiro atoms. The minimum atomic E-state index is -0.432. The summed E-state index contributed by atoms with van der Waals surface area (Å²) >= 11 is 1.80. The number of nitrogens with two attached hydrogens (primary N) is 1. The zero-order valence-corrected chi connectivity index (χ0v) is 12.1. The predicted molar refractivity (Wildman–Crippen MR) is 77.2 cm³/mol. The zero-order valence-electron chi connectivity index (χ0n) is 11.2. The fourth-order valence-electron chi connectivity index (χ4n) is 2.66. The SMILES string of the molecule is CC1CCCC(SCC(N)c2cc(F)ccc2F)C1. The third kappa shape index (κ3) is 4.18. The summed E-state index contributed by atoms with van der Waals surface area (Å²) in [5, 5.41) is 0.617. The Labute approximate surface area is 118 Å². The Morgan fingerprint density at radius 2 is 2.16 bits per heavy atom. The molecule has 19 heavy (non-hydrogen) atoms. The van der Waals surface area contributed by atoms with E-state index in [1.165, 1.54) is 31.7 Å². The summed E-state index contributed by atoms with van der Waals surface area (Å²) in [6.07, 6.45) is 5.00. The molecular formula is C15H21F2NS. The second-order valence-corrected chi connectivity index (χ2v) is 6.83. The van der Waals surface area contributed by atoms with Crippen LogP contribution in [0.3, 0.4) is 0 Å². The molecule has 1 saturated carbocycles. The Morgan fingerprint density at radius 1 is 1.37 bits per heavy atom. The molecule has 1 nitrogen and oxygen atoms in total. The van der Waals surface area contributed by atoms with Crippen molar-refractivity contribution in [3.63, 3.8) is 0 Å². The fraction of sp³-hybridized carbons (Fsp3) is 0.600. The summed E-state index contributed by atoms with van der Waals surface area (Å²) in [5.41, 5.74) is 6.28. The summed E-state index contributed by atoms with van der Waals surface area (Å²) in [6.45, 7) is 2.28. The highest BCUT2D eigenvalue weighted by atomic mass is 32.2. The first kappa shape index (κ1) is 14.8. The van der Waals surface area contributed by atoms with Gasteiger partial charge in [0.15, 0.2) is 0 Å². The number of hydrogen-bond donors (Lipinski definition) is 1. The van der Waals surface area contributed by atoms with Crippen LogP contribution in [0.2, 0.25) is 0 Å². The summed E-state index contributed by atoms with van der Waals surface area (Å²) in [5.74, 6) is 0.584. The Hall–Kier alpha value is -0.610. The minimum absolute atomic E-state index is 0.288. The smallest absolute Gasteiger partial charge is 0.128 e. The molecule has 1 aromatic carbocycles. The van der Waals surface area contributed by atoms with E-state index >= 15 is 0 Å². The van der Waals surface area contributed by atoms with Crippen molar-refractivity contribution in [2.75, 3.05) is 5.75 Å². The van der Waals surface area contributed by atoms with Crippen LogP contribution in [0.1, 0.15) is 44.2 Å². The van der Waals surface area contributed by atoms with Crippen LogP contribution in [0.5, 0.6) is 0 Å². The number of thioether (sulfide) groups is 1. The van der Waals surface area contributed by atoms with Gasteiger partial charge in [-0.1, -0.05) is 19.8 Å². The zero-order chi connectivity index (χ0) is 13.8. The van der Waals surface area contributed by atoms with Crippen molar-refractivity contribution in [3.8, 4) is 0 Å². The van der Waals surface area contributed by atoms with Crippen LogP contribution in [0.15, 0.2) is 18.2 Å². The molecular weight excluding hydrogens is 264 g/mol. The Bertz CT molecular complexity index is 425. The average Bonchev–Trinajstić information content (AvgIpc) is 2.39. The summed E-state index contributed by atoms with van der Waals surface area (Å²) in [7, 11) is 0. The summed E-state index contributed by atoms with van der Waals surface area (Å²) in [6, 6.07) is 3.06. The maximum absolute atomic E-state index is 13.6. The first-order valence-corrected chi connectivity index (χ1v) is 7.93. The number of rotatable bonds is 4. The minimum Gasteiger partial charge on any atom is -0.323 e. The molecule has 0 bridgehead atoms. The van der Waals surface area contributed by atoms with Gasteiger partial charge >= 0.3 is 0 Å². The van der Waals surface area contributed by atoms with E-state index in [0.29, 0.717) is 11.0 Å². The van der Waals surface area contributed by atoms with Gasteiger partial charge in [0.1, 0.15) is 11.6 Å². The first-order valence-electron chi connectivity index (χ1n) is 6.88. The van der Waals surface area contributed by atoms with Crippen molar-refractivity contribution >= 4 is 11.8 Å². The third-order valence-corrected chi connectivity index (χ3v) is 5.21. The van der Waals surface area contributed by atoms with Crippen LogP contribution in [0.25, 0.3) is 0 Å². The van der Waals surface area contributed by atoms with E-state index < -0.39 is 17.7 Å². The molecule has 2 rings (SSSR count). The monoisotopic (exact) mass is 285 g/mol. The van der Waals surface area contributed by atoms with Crippen molar-refractivity contribution in [2.24, 2.45) is 11.7 Å². The summed E-state index contributed by atoms with van der Waals surface area (Å²) in [4.78, 5) is 0. The molecule has 0 aliphatic heterocycles. The molecule has 106 valence electrons. The number of hydrogen-bond acceptors (Lipinski definition) is 2. The van der Waals surface area contributed by atoms with Crippen LogP contribution in [-0.4, -0.2) is 11.0 Å². The molecule has 2 N–H and O–H groups in total. The summed E-state index contributed by atoms with van der Waals surface area (Å²) < 4.78 is 26.7. The molecule has 1 aromatic rings. The number of benzene rings is 1. The molecule has 0 heterocycles. The van der Waals surface area contributed by atoms with Gasteiger partial charge < -0.3 is 5.73 Å². The van der Waals surface area contributed by atoms with Gasteiger partial charge in [0.2, 0.25) is 0 Å². The van der Waals surface area contributed by atoms with E-state index in [9.17, 15) is 8.78 Å². The van der Waals surface area contributed by atoms with E-state index in [2.05, 4.69) is 6.92 Å². The maximum Gasteiger partial charge on any atom is 0.128 e. The Kier molecular flexibility index (Phi) is 5.22. The average molecular weight is 285 g/mol. The Morgan fingerprint density at radius 3 is 2.89 bits per heavy atom. The van der Waals surface area contributed by atoms with Crippen LogP contribution in [-0.2, 0) is 0 Å². The van der Waals surface area contributed by atoms with E-state index in [-0.39, 0.29) is 5.56 Å². The highest BCUT2D eigenvalue weighted by molar-refractivity contribution is 7.99. The molecule has 1 fully saturated rings. The lowest BCUT2D eigenvalue weighted by atomic mass is 9.91. The second-order valence-electron chi connectivity index (χ2n) is 5.50. The van der Waals surface area contributed by atoms with Gasteiger partial charge in [-0.25, -0.2) is 8.78 Å². The van der Waals surface area contributed by atoms with Crippen molar-refractivity contribution in [2.45, 2.75) is 43.9 Å². The first-order chi connectivity index (χ1) is 9.06. The topological polar surface area (TPSA) is 26.0 Å². The fourth-order valence-corrected chi connectivity index (χ4v) is 4.12. The lowest BCUT2D eigenvalue weighted by Crippen LogP contribution is -2.20. The largest absolute Gasteiger partial charge is 0.323 e. The lowest BCUT2D eigenvalue weighted by Gasteiger charge is -2.27. The van der Waals surface area contributed by atoms with E-state index in [4.69, 9.17) is 5.73 Å². The highest BCUT2D eigenvalue weighted by Crippen LogP contribution is 2.33. The van der Waals surface area contributed by atoms with Crippen LogP contribution in [0.4, 0.5) is 8.78 Å². The molecule has 0 aromatic heterocycles. The third-order valence-electron chi connectivity index (χ3n) is 3.76. The van der Waals surface area contributed by atoms with Gasteiger partial charge in [-0.15, -0.1) is 0 Å². The quantitative estimate of drug-likeness (QED) is 0.893. The van der Waals surface area contributed by atoms with Gasteiger partial charge in [0.05, 0.1) is 0 Å². The van der Waals surface area contributed by atoms with Crippen LogP contribution >= 0.6 is 11.8 Å². The van der Waals surface area contributed by atoms with E-state index in [1.807, 2.05) is 0 Å². The molecule has 4 heteroatoms. The molecule has 3 unspecified atom stereocenters. The van der Waals surface area contributed by atoms with Gasteiger partial charge in [-0.3, -0.25) is 0 Å². The van der Waals surface area contributed by atoms with E-state index in [1.54, 1.807) is 11.8 Å².